The van der Waals surface area contributed by atoms with Crippen LogP contribution in [0.4, 0.5) is 23.2 Å². The van der Waals surface area contributed by atoms with Gasteiger partial charge in [0.15, 0.2) is 0 Å². The summed E-state index contributed by atoms with van der Waals surface area (Å²) in [5, 5.41) is 3.14. The number of fused-ring (bicyclic) bond motifs is 3. The third-order valence-electron chi connectivity index (χ3n) is 4.28. The largest absolute Gasteiger partial charge is 0.419 e. The quantitative estimate of drug-likeness (QED) is 0.840. The molecular formula is C14H16F4N2. The highest BCUT2D eigenvalue weighted by molar-refractivity contribution is 5.48. The first-order valence-electron chi connectivity index (χ1n) is 6.79. The van der Waals surface area contributed by atoms with Crippen molar-refractivity contribution in [3.05, 3.63) is 29.6 Å². The van der Waals surface area contributed by atoms with Gasteiger partial charge in [0, 0.05) is 18.3 Å². The molecule has 0 saturated carbocycles. The second-order valence-electron chi connectivity index (χ2n) is 5.58. The first kappa shape index (κ1) is 13.7. The minimum Gasteiger partial charge on any atom is -0.381 e. The number of hydrogen-bond acceptors (Lipinski definition) is 2. The van der Waals surface area contributed by atoms with Gasteiger partial charge >= 0.3 is 6.18 Å². The van der Waals surface area contributed by atoms with Crippen LogP contribution in [0.5, 0.6) is 0 Å². The molecule has 1 atom stereocenters. The number of alkyl halides is 3. The van der Waals surface area contributed by atoms with Crippen molar-refractivity contribution < 1.29 is 17.6 Å². The molecule has 0 amide bonds. The van der Waals surface area contributed by atoms with Crippen LogP contribution in [0.15, 0.2) is 18.2 Å². The zero-order valence-corrected chi connectivity index (χ0v) is 10.9. The summed E-state index contributed by atoms with van der Waals surface area (Å²) in [7, 11) is 0. The molecular weight excluding hydrogens is 272 g/mol. The summed E-state index contributed by atoms with van der Waals surface area (Å²) < 4.78 is 51.3. The van der Waals surface area contributed by atoms with Crippen LogP contribution in [0, 0.1) is 11.7 Å². The topological polar surface area (TPSA) is 15.3 Å². The van der Waals surface area contributed by atoms with E-state index in [1.54, 1.807) is 0 Å². The molecule has 20 heavy (non-hydrogen) atoms. The molecule has 3 aliphatic rings. The third kappa shape index (κ3) is 2.61. The Kier molecular flexibility index (Phi) is 3.36. The van der Waals surface area contributed by atoms with E-state index in [1.165, 1.54) is 6.07 Å². The third-order valence-corrected chi connectivity index (χ3v) is 4.28. The number of rotatable bonds is 2. The Morgan fingerprint density at radius 1 is 1.15 bits per heavy atom. The standard InChI is InChI=1S/C14H16F4N2/c15-12-2-1-10(7-11(12)14(16,17)18)19-13-8-20-5-3-9(13)4-6-20/h1-2,7,9,13,19H,3-6,8H2. The average molecular weight is 288 g/mol. The number of anilines is 1. The fourth-order valence-corrected chi connectivity index (χ4v) is 3.17. The predicted octanol–water partition coefficient (Wildman–Crippen LogP) is 3.35. The van der Waals surface area contributed by atoms with E-state index < -0.39 is 17.6 Å². The molecule has 0 radical (unpaired) electrons. The highest BCUT2D eigenvalue weighted by Gasteiger charge is 2.36. The molecule has 3 heterocycles. The SMILES string of the molecule is Fc1ccc(NC2CN3CCC2CC3)cc1C(F)(F)F. The zero-order chi connectivity index (χ0) is 14.3. The van der Waals surface area contributed by atoms with Gasteiger partial charge in [-0.25, -0.2) is 4.39 Å². The fourth-order valence-electron chi connectivity index (χ4n) is 3.17. The van der Waals surface area contributed by atoms with E-state index in [0.717, 1.165) is 44.6 Å². The zero-order valence-electron chi connectivity index (χ0n) is 10.9. The van der Waals surface area contributed by atoms with Crippen molar-refractivity contribution in [2.24, 2.45) is 5.92 Å². The smallest absolute Gasteiger partial charge is 0.381 e. The molecule has 1 N–H and O–H groups in total. The van der Waals surface area contributed by atoms with Crippen LogP contribution in [-0.2, 0) is 6.18 Å². The van der Waals surface area contributed by atoms with E-state index >= 15 is 0 Å². The van der Waals surface area contributed by atoms with Crippen molar-refractivity contribution in [3.63, 3.8) is 0 Å². The normalized spacial score (nSPS) is 29.5. The lowest BCUT2D eigenvalue weighted by molar-refractivity contribution is -0.139. The summed E-state index contributed by atoms with van der Waals surface area (Å²) in [5.41, 5.74) is -0.860. The van der Waals surface area contributed by atoms with Crippen LogP contribution < -0.4 is 5.32 Å². The first-order valence-corrected chi connectivity index (χ1v) is 6.79. The van der Waals surface area contributed by atoms with Gasteiger partial charge < -0.3 is 10.2 Å². The summed E-state index contributed by atoms with van der Waals surface area (Å²) in [4.78, 5) is 2.31. The summed E-state index contributed by atoms with van der Waals surface area (Å²) >= 11 is 0. The van der Waals surface area contributed by atoms with Gasteiger partial charge in [0.1, 0.15) is 5.82 Å². The molecule has 110 valence electrons. The highest BCUT2D eigenvalue weighted by atomic mass is 19.4. The Hall–Kier alpha value is -1.30. The second-order valence-corrected chi connectivity index (χ2v) is 5.58. The first-order chi connectivity index (χ1) is 9.43. The summed E-state index contributed by atoms with van der Waals surface area (Å²) in [6, 6.07) is 3.28. The number of halogens is 4. The lowest BCUT2D eigenvalue weighted by atomic mass is 9.84. The number of hydrogen-bond donors (Lipinski definition) is 1. The Morgan fingerprint density at radius 2 is 1.85 bits per heavy atom. The maximum atomic E-state index is 13.2. The van der Waals surface area contributed by atoms with Crippen molar-refractivity contribution in [1.29, 1.82) is 0 Å². The van der Waals surface area contributed by atoms with E-state index in [1.807, 2.05) is 0 Å². The van der Waals surface area contributed by atoms with Gasteiger partial charge in [0.25, 0.3) is 0 Å². The van der Waals surface area contributed by atoms with E-state index in [-0.39, 0.29) is 6.04 Å². The van der Waals surface area contributed by atoms with Crippen LogP contribution >= 0.6 is 0 Å². The van der Waals surface area contributed by atoms with Crippen LogP contribution in [0.2, 0.25) is 0 Å². The molecule has 1 unspecified atom stereocenters. The minimum atomic E-state index is -4.66. The molecule has 1 aromatic rings. The van der Waals surface area contributed by atoms with Crippen molar-refractivity contribution in [1.82, 2.24) is 4.90 Å². The predicted molar refractivity (Wildman–Crippen MR) is 68.0 cm³/mol. The molecule has 0 aromatic heterocycles. The van der Waals surface area contributed by atoms with Gasteiger partial charge in [-0.3, -0.25) is 0 Å². The Labute approximate surface area is 114 Å². The van der Waals surface area contributed by atoms with Crippen LogP contribution in [0.3, 0.4) is 0 Å². The molecule has 4 rings (SSSR count). The molecule has 0 spiro atoms. The van der Waals surface area contributed by atoms with Crippen molar-refractivity contribution in [2.45, 2.75) is 25.1 Å². The monoisotopic (exact) mass is 288 g/mol. The van der Waals surface area contributed by atoms with Crippen molar-refractivity contribution in [3.8, 4) is 0 Å². The molecule has 3 aliphatic heterocycles. The summed E-state index contributed by atoms with van der Waals surface area (Å²) in [5.74, 6) is -0.726. The maximum Gasteiger partial charge on any atom is 0.419 e. The molecule has 3 fully saturated rings. The van der Waals surface area contributed by atoms with Gasteiger partial charge in [-0.1, -0.05) is 0 Å². The molecule has 2 bridgehead atoms. The van der Waals surface area contributed by atoms with Crippen molar-refractivity contribution >= 4 is 5.69 Å². The Morgan fingerprint density at radius 3 is 2.40 bits per heavy atom. The van der Waals surface area contributed by atoms with Gasteiger partial charge in [0.05, 0.1) is 5.56 Å². The van der Waals surface area contributed by atoms with Gasteiger partial charge in [-0.2, -0.15) is 13.2 Å². The number of nitrogens with zero attached hydrogens (tertiary/aromatic N) is 1. The van der Waals surface area contributed by atoms with Crippen molar-refractivity contribution in [2.75, 3.05) is 25.0 Å². The van der Waals surface area contributed by atoms with E-state index in [2.05, 4.69) is 10.2 Å². The minimum absolute atomic E-state index is 0.157. The van der Waals surface area contributed by atoms with E-state index in [4.69, 9.17) is 0 Å². The number of piperidine rings is 3. The van der Waals surface area contributed by atoms with Crippen LogP contribution in [0.25, 0.3) is 0 Å². The van der Waals surface area contributed by atoms with E-state index in [9.17, 15) is 17.6 Å². The average Bonchev–Trinajstić information content (AvgIpc) is 2.41. The van der Waals surface area contributed by atoms with Crippen LogP contribution in [-0.4, -0.2) is 30.6 Å². The van der Waals surface area contributed by atoms with E-state index in [0.29, 0.717) is 11.6 Å². The Bertz CT molecular complexity index is 492. The molecule has 2 nitrogen and oxygen atoms in total. The lowest BCUT2D eigenvalue weighted by Crippen LogP contribution is -2.53. The van der Waals surface area contributed by atoms with Gasteiger partial charge in [-0.05, 0) is 50.0 Å². The summed E-state index contributed by atoms with van der Waals surface area (Å²) in [6.07, 6.45) is -2.51. The second kappa shape index (κ2) is 4.91. The molecule has 6 heteroatoms. The summed E-state index contributed by atoms with van der Waals surface area (Å²) in [6.45, 7) is 2.99. The Balaban J connectivity index is 1.78. The van der Waals surface area contributed by atoms with Gasteiger partial charge in [0.2, 0.25) is 0 Å². The van der Waals surface area contributed by atoms with Crippen LogP contribution in [0.1, 0.15) is 18.4 Å². The number of nitrogens with one attached hydrogen (secondary N) is 1. The number of benzene rings is 1. The van der Waals surface area contributed by atoms with Gasteiger partial charge in [-0.15, -0.1) is 0 Å². The molecule has 3 saturated heterocycles. The molecule has 0 aliphatic carbocycles. The maximum absolute atomic E-state index is 13.2. The lowest BCUT2D eigenvalue weighted by Gasteiger charge is -2.45. The fraction of sp³-hybridized carbons (Fsp3) is 0.571. The highest BCUT2D eigenvalue weighted by Crippen LogP contribution is 2.34. The molecule has 1 aromatic carbocycles.